The summed E-state index contributed by atoms with van der Waals surface area (Å²) >= 11 is 1.49. The van der Waals surface area contributed by atoms with Gasteiger partial charge in [0.1, 0.15) is 5.76 Å². The number of nitrogens with zero attached hydrogens (tertiary/aromatic N) is 2. The molecule has 1 aliphatic carbocycles. The standard InChI is InChI=1S/C19H19N3O2S/c1-11-6-8-13(9-7-11)18-20-16(12(2)24-18)10-25-19-21-15-5-3-4-14(15)17(23)22-19/h6-9H,3-5,10H2,1-2H3,(H,21,22,23). The van der Waals surface area contributed by atoms with Crippen molar-refractivity contribution in [2.75, 3.05) is 0 Å². The van der Waals surface area contributed by atoms with Crippen molar-refractivity contribution in [1.82, 2.24) is 15.0 Å². The summed E-state index contributed by atoms with van der Waals surface area (Å²) in [4.78, 5) is 24.2. The fourth-order valence-corrected chi connectivity index (χ4v) is 3.89. The number of H-pyrrole nitrogens is 1. The fraction of sp³-hybridized carbons (Fsp3) is 0.316. The lowest BCUT2D eigenvalue weighted by molar-refractivity contribution is 0.540. The molecule has 0 radical (unpaired) electrons. The van der Waals surface area contributed by atoms with Gasteiger partial charge in [-0.1, -0.05) is 29.5 Å². The highest BCUT2D eigenvalue weighted by molar-refractivity contribution is 7.98. The van der Waals surface area contributed by atoms with Crippen molar-refractivity contribution in [2.24, 2.45) is 0 Å². The maximum Gasteiger partial charge on any atom is 0.254 e. The minimum absolute atomic E-state index is 0.00205. The molecule has 1 aromatic carbocycles. The highest BCUT2D eigenvalue weighted by atomic mass is 32.2. The number of thioether (sulfide) groups is 1. The Morgan fingerprint density at radius 1 is 1.16 bits per heavy atom. The predicted octanol–water partition coefficient (Wildman–Crippen LogP) is 3.82. The molecule has 2 heterocycles. The van der Waals surface area contributed by atoms with Gasteiger partial charge in [-0.25, -0.2) is 9.97 Å². The van der Waals surface area contributed by atoms with Gasteiger partial charge in [0.25, 0.3) is 5.56 Å². The fourth-order valence-electron chi connectivity index (χ4n) is 3.01. The number of aryl methyl sites for hydroxylation is 3. The van der Waals surface area contributed by atoms with Crippen molar-refractivity contribution in [2.45, 2.75) is 44.0 Å². The van der Waals surface area contributed by atoms with E-state index in [4.69, 9.17) is 4.42 Å². The molecule has 0 atom stereocenters. The Kier molecular flexibility index (Phi) is 4.21. The molecule has 0 fully saturated rings. The first-order chi connectivity index (χ1) is 12.1. The van der Waals surface area contributed by atoms with E-state index in [0.717, 1.165) is 47.5 Å². The SMILES string of the molecule is Cc1ccc(-c2nc(CSc3nc4c(c(=O)[nH]3)CCC4)c(C)o2)cc1. The van der Waals surface area contributed by atoms with Crippen LogP contribution in [0.1, 0.15) is 34.7 Å². The Morgan fingerprint density at radius 3 is 2.76 bits per heavy atom. The third-order valence-electron chi connectivity index (χ3n) is 4.46. The van der Waals surface area contributed by atoms with Crippen molar-refractivity contribution in [3.05, 3.63) is 62.9 Å². The zero-order valence-electron chi connectivity index (χ0n) is 14.3. The summed E-state index contributed by atoms with van der Waals surface area (Å²) in [6.07, 6.45) is 2.75. The van der Waals surface area contributed by atoms with Gasteiger partial charge in [-0.05, 0) is 45.2 Å². The Hall–Kier alpha value is -2.34. The Labute approximate surface area is 149 Å². The molecule has 2 aromatic heterocycles. The molecule has 128 valence electrons. The number of rotatable bonds is 4. The van der Waals surface area contributed by atoms with E-state index < -0.39 is 0 Å². The molecule has 3 aromatic rings. The summed E-state index contributed by atoms with van der Waals surface area (Å²) in [7, 11) is 0. The first kappa shape index (κ1) is 16.1. The van der Waals surface area contributed by atoms with E-state index in [9.17, 15) is 4.79 Å². The average molecular weight is 353 g/mol. The van der Waals surface area contributed by atoms with Crippen LogP contribution < -0.4 is 5.56 Å². The topological polar surface area (TPSA) is 71.8 Å². The van der Waals surface area contributed by atoms with Crippen LogP contribution in [0.15, 0.2) is 38.6 Å². The van der Waals surface area contributed by atoms with Crippen molar-refractivity contribution in [3.63, 3.8) is 0 Å². The lowest BCUT2D eigenvalue weighted by Gasteiger charge is -2.02. The zero-order valence-corrected chi connectivity index (χ0v) is 15.1. The number of aromatic amines is 1. The van der Waals surface area contributed by atoms with E-state index in [1.165, 1.54) is 17.3 Å². The molecule has 0 aliphatic heterocycles. The van der Waals surface area contributed by atoms with Crippen LogP contribution in [-0.2, 0) is 18.6 Å². The maximum absolute atomic E-state index is 12.1. The molecule has 1 N–H and O–H groups in total. The number of oxazole rings is 1. The third-order valence-corrected chi connectivity index (χ3v) is 5.34. The van der Waals surface area contributed by atoms with Crippen LogP contribution in [0, 0.1) is 13.8 Å². The molecule has 0 saturated heterocycles. The Balaban J connectivity index is 1.53. The molecule has 25 heavy (non-hydrogen) atoms. The third kappa shape index (κ3) is 3.26. The highest BCUT2D eigenvalue weighted by Gasteiger charge is 2.18. The van der Waals surface area contributed by atoms with Crippen LogP contribution in [0.4, 0.5) is 0 Å². The zero-order chi connectivity index (χ0) is 17.4. The minimum Gasteiger partial charge on any atom is -0.441 e. The molecule has 6 heteroatoms. The molecule has 5 nitrogen and oxygen atoms in total. The van der Waals surface area contributed by atoms with Gasteiger partial charge in [-0.3, -0.25) is 4.79 Å². The summed E-state index contributed by atoms with van der Waals surface area (Å²) in [5, 5.41) is 0.657. The van der Waals surface area contributed by atoms with Crippen molar-refractivity contribution >= 4 is 11.8 Å². The van der Waals surface area contributed by atoms with Gasteiger partial charge in [-0.2, -0.15) is 0 Å². The summed E-state index contributed by atoms with van der Waals surface area (Å²) in [5.74, 6) is 2.04. The summed E-state index contributed by atoms with van der Waals surface area (Å²) in [5.41, 5.74) is 4.85. The van der Waals surface area contributed by atoms with Crippen molar-refractivity contribution in [1.29, 1.82) is 0 Å². The Bertz CT molecular complexity index is 973. The Morgan fingerprint density at radius 2 is 1.96 bits per heavy atom. The number of benzene rings is 1. The average Bonchev–Trinajstić information content (AvgIpc) is 3.20. The summed E-state index contributed by atoms with van der Waals surface area (Å²) < 4.78 is 5.81. The predicted molar refractivity (Wildman–Crippen MR) is 97.9 cm³/mol. The van der Waals surface area contributed by atoms with Crippen LogP contribution >= 0.6 is 11.8 Å². The van der Waals surface area contributed by atoms with Gasteiger partial charge < -0.3 is 9.40 Å². The number of hydrogen-bond acceptors (Lipinski definition) is 5. The summed E-state index contributed by atoms with van der Waals surface area (Å²) in [6.45, 7) is 3.97. The monoisotopic (exact) mass is 353 g/mol. The van der Waals surface area contributed by atoms with Gasteiger partial charge in [0.15, 0.2) is 5.16 Å². The largest absolute Gasteiger partial charge is 0.441 e. The van der Waals surface area contributed by atoms with Gasteiger partial charge in [0.2, 0.25) is 5.89 Å². The van der Waals surface area contributed by atoms with E-state index in [0.29, 0.717) is 16.8 Å². The van der Waals surface area contributed by atoms with Gasteiger partial charge in [-0.15, -0.1) is 0 Å². The smallest absolute Gasteiger partial charge is 0.254 e. The minimum atomic E-state index is 0.00205. The van der Waals surface area contributed by atoms with E-state index >= 15 is 0 Å². The van der Waals surface area contributed by atoms with Gasteiger partial charge >= 0.3 is 0 Å². The number of nitrogens with one attached hydrogen (secondary N) is 1. The molecule has 0 spiro atoms. The van der Waals surface area contributed by atoms with Gasteiger partial charge in [0.05, 0.1) is 11.4 Å². The quantitative estimate of drug-likeness (QED) is 0.570. The van der Waals surface area contributed by atoms with E-state index in [-0.39, 0.29) is 5.56 Å². The lowest BCUT2D eigenvalue weighted by atomic mass is 10.1. The normalized spacial score (nSPS) is 13.2. The van der Waals surface area contributed by atoms with E-state index in [2.05, 4.69) is 21.9 Å². The molecule has 0 bridgehead atoms. The molecule has 0 unspecified atom stereocenters. The van der Waals surface area contributed by atoms with Crippen LogP contribution in [-0.4, -0.2) is 15.0 Å². The number of fused-ring (bicyclic) bond motifs is 1. The van der Waals surface area contributed by atoms with E-state index in [1.54, 1.807) is 0 Å². The highest BCUT2D eigenvalue weighted by Crippen LogP contribution is 2.27. The molecule has 4 rings (SSSR count). The van der Waals surface area contributed by atoms with Crippen LogP contribution in [0.2, 0.25) is 0 Å². The van der Waals surface area contributed by atoms with Crippen LogP contribution in [0.5, 0.6) is 0 Å². The van der Waals surface area contributed by atoms with Crippen LogP contribution in [0.25, 0.3) is 11.5 Å². The second-order valence-electron chi connectivity index (χ2n) is 6.33. The first-order valence-corrected chi connectivity index (χ1v) is 9.37. The molecular formula is C19H19N3O2S. The van der Waals surface area contributed by atoms with Gasteiger partial charge in [0, 0.05) is 16.9 Å². The number of hydrogen-bond donors (Lipinski definition) is 1. The van der Waals surface area contributed by atoms with E-state index in [1.807, 2.05) is 31.2 Å². The second-order valence-corrected chi connectivity index (χ2v) is 7.29. The molecule has 0 saturated carbocycles. The summed E-state index contributed by atoms with van der Waals surface area (Å²) in [6, 6.07) is 8.11. The first-order valence-electron chi connectivity index (χ1n) is 8.38. The van der Waals surface area contributed by atoms with Crippen molar-refractivity contribution in [3.8, 4) is 11.5 Å². The molecule has 0 amide bonds. The second kappa shape index (κ2) is 6.52. The van der Waals surface area contributed by atoms with Crippen molar-refractivity contribution < 1.29 is 4.42 Å². The lowest BCUT2D eigenvalue weighted by Crippen LogP contribution is -2.14. The molecular weight excluding hydrogens is 334 g/mol. The van der Waals surface area contributed by atoms with Crippen LogP contribution in [0.3, 0.4) is 0 Å². The number of aromatic nitrogens is 3. The maximum atomic E-state index is 12.1. The molecule has 1 aliphatic rings.